The zero-order chi connectivity index (χ0) is 19.3. The van der Waals surface area contributed by atoms with Crippen LogP contribution in [0.3, 0.4) is 0 Å². The molecule has 0 heterocycles. The highest BCUT2D eigenvalue weighted by atomic mass is 16.5. The molecule has 150 valence electrons. The van der Waals surface area contributed by atoms with Gasteiger partial charge in [0.25, 0.3) is 6.47 Å². The van der Waals surface area contributed by atoms with Gasteiger partial charge in [-0.3, -0.25) is 4.79 Å². The molecule has 3 rings (SSSR count). The van der Waals surface area contributed by atoms with Gasteiger partial charge in [-0.2, -0.15) is 0 Å². The zero-order valence-electron chi connectivity index (χ0n) is 16.6. The van der Waals surface area contributed by atoms with Crippen molar-refractivity contribution in [3.8, 4) is 11.5 Å². The number of phenolic OH excluding ortho intramolecular Hbond substituents is 2. The Bertz CT molecular complexity index is 644. The van der Waals surface area contributed by atoms with Crippen LogP contribution in [-0.4, -0.2) is 22.3 Å². The molecule has 2 saturated carbocycles. The molecule has 2 aliphatic carbocycles. The molecule has 2 fully saturated rings. The Morgan fingerprint density at radius 3 is 1.96 bits per heavy atom. The molecular formula is C23H34O4. The molecule has 0 atom stereocenters. The summed E-state index contributed by atoms with van der Waals surface area (Å²) >= 11 is 0. The molecule has 0 aromatic heterocycles. The fraction of sp³-hybridized carbons (Fsp3) is 0.696. The van der Waals surface area contributed by atoms with Gasteiger partial charge in [-0.1, -0.05) is 19.8 Å². The van der Waals surface area contributed by atoms with Crippen molar-refractivity contribution >= 4 is 6.47 Å². The lowest BCUT2D eigenvalue weighted by Gasteiger charge is -2.13. The maximum Gasteiger partial charge on any atom is 0.293 e. The topological polar surface area (TPSA) is 66.8 Å². The molecule has 0 amide bonds. The summed E-state index contributed by atoms with van der Waals surface area (Å²) in [6.07, 6.45) is 13.8. The Kier molecular flexibility index (Phi) is 6.33. The van der Waals surface area contributed by atoms with Crippen LogP contribution >= 0.6 is 0 Å². The van der Waals surface area contributed by atoms with E-state index >= 15 is 0 Å². The second-order valence-corrected chi connectivity index (χ2v) is 9.09. The summed E-state index contributed by atoms with van der Waals surface area (Å²) in [5.74, 6) is 0.596. The summed E-state index contributed by atoms with van der Waals surface area (Å²) in [5.41, 5.74) is 2.08. The summed E-state index contributed by atoms with van der Waals surface area (Å²) in [4.78, 5) is 10.5. The van der Waals surface area contributed by atoms with E-state index < -0.39 is 0 Å². The van der Waals surface area contributed by atoms with Crippen LogP contribution in [-0.2, 0) is 22.4 Å². The summed E-state index contributed by atoms with van der Waals surface area (Å²) in [5, 5.41) is 20.6. The largest absolute Gasteiger partial charge is 0.508 e. The Hall–Kier alpha value is -1.71. The Morgan fingerprint density at radius 1 is 0.889 bits per heavy atom. The van der Waals surface area contributed by atoms with Gasteiger partial charge in [-0.05, 0) is 99.3 Å². The van der Waals surface area contributed by atoms with Gasteiger partial charge in [0.15, 0.2) is 0 Å². The van der Waals surface area contributed by atoms with Gasteiger partial charge in [0.05, 0.1) is 0 Å². The van der Waals surface area contributed by atoms with Crippen molar-refractivity contribution in [2.75, 3.05) is 0 Å². The number of carbonyl (C=O) groups excluding carboxylic acids is 1. The number of aryl methyl sites for hydroxylation is 2. The van der Waals surface area contributed by atoms with Gasteiger partial charge in [0.1, 0.15) is 17.1 Å². The van der Waals surface area contributed by atoms with Gasteiger partial charge in [-0.15, -0.1) is 0 Å². The number of hydrogen-bond acceptors (Lipinski definition) is 4. The van der Waals surface area contributed by atoms with Gasteiger partial charge in [0.2, 0.25) is 0 Å². The molecule has 0 bridgehead atoms. The molecule has 4 heteroatoms. The number of rotatable bonds is 13. The predicted octanol–water partition coefficient (Wildman–Crippen LogP) is 5.42. The number of benzene rings is 1. The van der Waals surface area contributed by atoms with E-state index in [4.69, 9.17) is 4.74 Å². The Morgan fingerprint density at radius 2 is 1.44 bits per heavy atom. The second-order valence-electron chi connectivity index (χ2n) is 9.09. The Labute approximate surface area is 162 Å². The van der Waals surface area contributed by atoms with Gasteiger partial charge < -0.3 is 14.9 Å². The van der Waals surface area contributed by atoms with Crippen LogP contribution in [0.5, 0.6) is 11.5 Å². The quantitative estimate of drug-likeness (QED) is 0.275. The molecule has 2 aliphatic rings. The third-order valence-corrected chi connectivity index (χ3v) is 6.54. The molecule has 2 N–H and O–H groups in total. The van der Waals surface area contributed by atoms with Crippen LogP contribution in [0.4, 0.5) is 0 Å². The predicted molar refractivity (Wildman–Crippen MR) is 106 cm³/mol. The van der Waals surface area contributed by atoms with E-state index in [9.17, 15) is 15.0 Å². The second kappa shape index (κ2) is 8.53. The van der Waals surface area contributed by atoms with Crippen LogP contribution in [0, 0.1) is 5.41 Å². The van der Waals surface area contributed by atoms with Crippen molar-refractivity contribution in [1.82, 2.24) is 0 Å². The molecule has 1 aromatic rings. The van der Waals surface area contributed by atoms with E-state index in [1.807, 2.05) is 0 Å². The van der Waals surface area contributed by atoms with Gasteiger partial charge in [-0.25, -0.2) is 0 Å². The number of carbonyl (C=O) groups is 1. The van der Waals surface area contributed by atoms with Gasteiger partial charge in [0, 0.05) is 0 Å². The van der Waals surface area contributed by atoms with E-state index in [0.717, 1.165) is 62.5 Å². The monoisotopic (exact) mass is 374 g/mol. The SMILES string of the molecule is CC1(CCCCCc2cc(O)c(CCCCC3(OC=O)CC3)cc2O)CC1. The smallest absolute Gasteiger partial charge is 0.293 e. The van der Waals surface area contributed by atoms with Crippen LogP contribution in [0.25, 0.3) is 0 Å². The molecule has 4 nitrogen and oxygen atoms in total. The molecule has 0 saturated heterocycles. The zero-order valence-corrected chi connectivity index (χ0v) is 16.6. The lowest BCUT2D eigenvalue weighted by molar-refractivity contribution is -0.135. The highest BCUT2D eigenvalue weighted by Gasteiger charge is 2.44. The first-order chi connectivity index (χ1) is 13.0. The minimum Gasteiger partial charge on any atom is -0.508 e. The number of hydrogen-bond donors (Lipinski definition) is 2. The van der Waals surface area contributed by atoms with E-state index in [1.165, 1.54) is 32.1 Å². The fourth-order valence-corrected chi connectivity index (χ4v) is 4.00. The highest BCUT2D eigenvalue weighted by molar-refractivity contribution is 5.45. The average Bonchev–Trinajstić information content (AvgIpc) is 3.55. The third kappa shape index (κ3) is 5.88. The molecule has 27 heavy (non-hydrogen) atoms. The van der Waals surface area contributed by atoms with Crippen LogP contribution in [0.1, 0.15) is 88.7 Å². The first kappa shape index (κ1) is 20.0. The maximum atomic E-state index is 10.5. The van der Waals surface area contributed by atoms with E-state index in [1.54, 1.807) is 12.1 Å². The first-order valence-corrected chi connectivity index (χ1v) is 10.6. The van der Waals surface area contributed by atoms with Crippen molar-refractivity contribution in [3.63, 3.8) is 0 Å². The summed E-state index contributed by atoms with van der Waals surface area (Å²) in [6, 6.07) is 3.47. The third-order valence-electron chi connectivity index (χ3n) is 6.54. The standard InChI is InChI=1S/C23H34O4/c1-22(11-12-22)9-5-2-3-7-18-15-21(26)19(16-20(18)25)8-4-6-10-23(13-14-23)27-17-24/h15-17,25-26H,2-14H2,1H3. The van der Waals surface area contributed by atoms with Crippen LogP contribution in [0.15, 0.2) is 12.1 Å². The lowest BCUT2D eigenvalue weighted by atomic mass is 9.97. The summed E-state index contributed by atoms with van der Waals surface area (Å²) in [7, 11) is 0. The Balaban J connectivity index is 1.38. The van der Waals surface area contributed by atoms with Crippen LogP contribution in [0.2, 0.25) is 0 Å². The summed E-state index contributed by atoms with van der Waals surface area (Å²) in [6.45, 7) is 2.93. The normalized spacial score (nSPS) is 18.9. The van der Waals surface area contributed by atoms with Crippen molar-refractivity contribution in [3.05, 3.63) is 23.3 Å². The van der Waals surface area contributed by atoms with Crippen molar-refractivity contribution in [1.29, 1.82) is 0 Å². The van der Waals surface area contributed by atoms with Crippen molar-refractivity contribution < 1.29 is 19.7 Å². The van der Waals surface area contributed by atoms with Crippen molar-refractivity contribution in [2.24, 2.45) is 5.41 Å². The number of aromatic hydroxyl groups is 2. The fourth-order valence-electron chi connectivity index (χ4n) is 4.00. The number of unbranched alkanes of at least 4 members (excludes halogenated alkanes) is 3. The highest BCUT2D eigenvalue weighted by Crippen LogP contribution is 2.49. The van der Waals surface area contributed by atoms with Gasteiger partial charge >= 0.3 is 0 Å². The van der Waals surface area contributed by atoms with E-state index in [2.05, 4.69) is 6.92 Å². The molecular weight excluding hydrogens is 340 g/mol. The average molecular weight is 375 g/mol. The van der Waals surface area contributed by atoms with E-state index in [0.29, 0.717) is 23.4 Å². The molecule has 0 unspecified atom stereocenters. The molecule has 0 aliphatic heterocycles. The number of phenols is 2. The van der Waals surface area contributed by atoms with Crippen molar-refractivity contribution in [2.45, 2.75) is 96.0 Å². The minimum atomic E-state index is -0.202. The first-order valence-electron chi connectivity index (χ1n) is 10.6. The molecule has 0 spiro atoms. The lowest BCUT2D eigenvalue weighted by Crippen LogP contribution is -2.12. The maximum absolute atomic E-state index is 10.5. The van der Waals surface area contributed by atoms with Crippen LogP contribution < -0.4 is 0 Å². The van der Waals surface area contributed by atoms with E-state index in [-0.39, 0.29) is 5.60 Å². The molecule has 0 radical (unpaired) electrons. The summed E-state index contributed by atoms with van der Waals surface area (Å²) < 4.78 is 5.16. The number of ether oxygens (including phenoxy) is 1. The molecule has 1 aromatic carbocycles. The minimum absolute atomic E-state index is 0.202.